The zero-order chi connectivity index (χ0) is 22.1. The summed E-state index contributed by atoms with van der Waals surface area (Å²) in [5, 5.41) is 4.17. The average molecular weight is 545 g/mol. The van der Waals surface area contributed by atoms with Crippen molar-refractivity contribution in [2.45, 2.75) is 13.5 Å². The Labute approximate surface area is 193 Å². The number of ether oxygens (including phenoxy) is 1. The van der Waals surface area contributed by atoms with Crippen molar-refractivity contribution in [3.63, 3.8) is 0 Å². The van der Waals surface area contributed by atoms with Gasteiger partial charge >= 0.3 is 0 Å². The third kappa shape index (κ3) is 4.14. The molecule has 0 atom stereocenters. The molecule has 0 saturated heterocycles. The van der Waals surface area contributed by atoms with Crippen LogP contribution in [0.2, 0.25) is 0 Å². The van der Waals surface area contributed by atoms with E-state index in [9.17, 15) is 8.78 Å². The molecule has 0 unspecified atom stereocenters. The first-order chi connectivity index (χ1) is 15.6. The molecule has 0 spiro atoms. The number of rotatable bonds is 6. The normalized spacial score (nSPS) is 15.0. The quantitative estimate of drug-likeness (QED) is 0.368. The van der Waals surface area contributed by atoms with Gasteiger partial charge in [-0.15, -0.1) is 0 Å². The number of nitrogens with zero attached hydrogens (tertiary/aromatic N) is 3. The van der Waals surface area contributed by atoms with Crippen molar-refractivity contribution >= 4 is 28.0 Å². The van der Waals surface area contributed by atoms with Crippen molar-refractivity contribution in [1.82, 2.24) is 10.1 Å². The van der Waals surface area contributed by atoms with Crippen LogP contribution in [-0.4, -0.2) is 23.9 Å². The number of halogens is 3. The fraction of sp³-hybridized carbons (Fsp3) is 0.125. The highest BCUT2D eigenvalue weighted by molar-refractivity contribution is 14.2. The number of hydrogen-bond donors (Lipinski definition) is 0. The molecule has 2 aromatic carbocycles. The smallest absolute Gasteiger partial charge is 0.168 e. The summed E-state index contributed by atoms with van der Waals surface area (Å²) < 4.78 is 40.5. The van der Waals surface area contributed by atoms with Gasteiger partial charge in [-0.1, -0.05) is 32.0 Å². The van der Waals surface area contributed by atoms with E-state index in [0.29, 0.717) is 22.6 Å². The molecule has 0 bridgehead atoms. The lowest BCUT2D eigenvalue weighted by Crippen LogP contribution is -2.14. The minimum atomic E-state index is -0.853. The third-order valence-corrected chi connectivity index (χ3v) is 7.71. The van der Waals surface area contributed by atoms with Crippen molar-refractivity contribution in [3.8, 4) is 17.0 Å². The van der Waals surface area contributed by atoms with Gasteiger partial charge < -0.3 is 14.2 Å². The van der Waals surface area contributed by atoms with Crippen LogP contribution in [0.3, 0.4) is 0 Å². The summed E-state index contributed by atoms with van der Waals surface area (Å²) in [5.74, 6) is -0.176. The van der Waals surface area contributed by atoms with Crippen molar-refractivity contribution in [3.05, 3.63) is 95.7 Å². The van der Waals surface area contributed by atoms with E-state index < -0.39 is 32.4 Å². The summed E-state index contributed by atoms with van der Waals surface area (Å²) in [7, 11) is 0. The van der Waals surface area contributed by atoms with Gasteiger partial charge in [0, 0.05) is 33.1 Å². The first kappa shape index (κ1) is 20.7. The standard InChI is InChI=1S/C24H18F2IN3O2/c1-2-31-16-8-6-15(7-9-16)21-12-17(32-29-21)13-30-11-10-20-22(14-30)28-24(27-20)18-4-3-5-19(25)23(18)26/h3-12,14H,2,13H2,1H3. The lowest BCUT2D eigenvalue weighted by Gasteiger charge is -2.17. The van der Waals surface area contributed by atoms with Gasteiger partial charge in [-0.25, -0.2) is 13.8 Å². The van der Waals surface area contributed by atoms with Crippen LogP contribution in [0, 0.1) is 11.6 Å². The number of fused-ring (bicyclic) bond motifs is 1. The molecule has 1 aromatic heterocycles. The van der Waals surface area contributed by atoms with Crippen LogP contribution in [0.5, 0.6) is 5.75 Å². The summed E-state index contributed by atoms with van der Waals surface area (Å²) >= 11 is -0.673. The van der Waals surface area contributed by atoms with Crippen LogP contribution >= 0.6 is 20.7 Å². The topological polar surface area (TPSA) is 50.9 Å². The lowest BCUT2D eigenvalue weighted by atomic mass is 10.1. The molecule has 8 heteroatoms. The molecule has 0 radical (unpaired) electrons. The van der Waals surface area contributed by atoms with E-state index in [1.54, 1.807) is 6.07 Å². The Morgan fingerprint density at radius 3 is 2.78 bits per heavy atom. The van der Waals surface area contributed by atoms with Gasteiger partial charge in [0.1, 0.15) is 15.2 Å². The summed E-state index contributed by atoms with van der Waals surface area (Å²) in [6, 6.07) is 13.8. The molecule has 0 aliphatic carbocycles. The maximum absolute atomic E-state index is 14.2. The van der Waals surface area contributed by atoms with Crippen molar-refractivity contribution in [2.75, 3.05) is 6.61 Å². The highest BCUT2D eigenvalue weighted by Crippen LogP contribution is 2.31. The highest BCUT2D eigenvalue weighted by Gasteiger charge is 2.22. The fourth-order valence-electron chi connectivity index (χ4n) is 3.36. The molecule has 0 fully saturated rings. The van der Waals surface area contributed by atoms with E-state index in [2.05, 4.69) is 10.1 Å². The molecular weight excluding hydrogens is 527 g/mol. The summed E-state index contributed by atoms with van der Waals surface area (Å²) in [6.07, 6.45) is 5.83. The molecule has 3 heterocycles. The summed E-state index contributed by atoms with van der Waals surface area (Å²) in [4.78, 5) is 6.53. The first-order valence-electron chi connectivity index (χ1n) is 10.0. The average Bonchev–Trinajstić information content (AvgIpc) is 3.43. The monoisotopic (exact) mass is 545 g/mol. The predicted octanol–water partition coefficient (Wildman–Crippen LogP) is 5.79. The Morgan fingerprint density at radius 1 is 1.12 bits per heavy atom. The highest BCUT2D eigenvalue weighted by atomic mass is 127. The van der Waals surface area contributed by atoms with Gasteiger partial charge in [-0.05, 0) is 49.4 Å². The maximum atomic E-state index is 14.2. The van der Waals surface area contributed by atoms with E-state index in [-0.39, 0.29) is 5.56 Å². The second-order valence-corrected chi connectivity index (χ2v) is 9.81. The fourth-order valence-corrected chi connectivity index (χ4v) is 5.87. The van der Waals surface area contributed by atoms with Crippen molar-refractivity contribution < 1.29 is 18.0 Å². The van der Waals surface area contributed by atoms with Crippen LogP contribution in [0.25, 0.3) is 11.3 Å². The van der Waals surface area contributed by atoms with Crippen molar-refractivity contribution in [2.24, 2.45) is 4.99 Å². The van der Waals surface area contributed by atoms with E-state index in [0.717, 1.165) is 32.3 Å². The van der Waals surface area contributed by atoms with Crippen LogP contribution in [0.15, 0.2) is 82.2 Å². The SMILES string of the molecule is CCOc1ccc(-c2cc(CN3C=CC4=IC(c5cccc(F)c5F)=NC4=C3)on2)cc1. The minimum Gasteiger partial charge on any atom is -0.494 e. The van der Waals surface area contributed by atoms with E-state index in [1.807, 2.05) is 60.6 Å². The first-order valence-corrected chi connectivity index (χ1v) is 12.2. The van der Waals surface area contributed by atoms with Gasteiger partial charge in [0.15, 0.2) is 17.4 Å². The molecule has 3 aromatic rings. The molecule has 162 valence electrons. The molecule has 0 saturated carbocycles. The summed E-state index contributed by atoms with van der Waals surface area (Å²) in [5.41, 5.74) is 2.72. The zero-order valence-electron chi connectivity index (χ0n) is 17.1. The van der Waals surface area contributed by atoms with Gasteiger partial charge in [0.25, 0.3) is 0 Å². The van der Waals surface area contributed by atoms with Crippen LogP contribution in [0.1, 0.15) is 18.2 Å². The second kappa shape index (κ2) is 8.78. The van der Waals surface area contributed by atoms with Gasteiger partial charge in [0.2, 0.25) is 0 Å². The lowest BCUT2D eigenvalue weighted by molar-refractivity contribution is 0.340. The van der Waals surface area contributed by atoms with E-state index in [4.69, 9.17) is 9.26 Å². The molecule has 0 N–H and O–H groups in total. The molecule has 2 aliphatic rings. The Balaban J connectivity index is 1.32. The number of hydrogen-bond acceptors (Lipinski definition) is 5. The Kier molecular flexibility index (Phi) is 5.69. The van der Waals surface area contributed by atoms with Crippen LogP contribution < -0.4 is 4.74 Å². The molecule has 5 rings (SSSR count). The number of allylic oxidation sites excluding steroid dienone is 1. The van der Waals surface area contributed by atoms with Gasteiger partial charge in [0.05, 0.1) is 18.8 Å². The number of benzene rings is 2. The molecule has 32 heavy (non-hydrogen) atoms. The zero-order valence-corrected chi connectivity index (χ0v) is 19.2. The van der Waals surface area contributed by atoms with Gasteiger partial charge in [-0.3, -0.25) is 0 Å². The molecular formula is C24H18F2IN3O2. The third-order valence-electron chi connectivity index (χ3n) is 4.89. The number of aromatic nitrogens is 1. The molecule has 5 nitrogen and oxygen atoms in total. The molecule has 0 amide bonds. The van der Waals surface area contributed by atoms with Crippen LogP contribution in [-0.2, 0) is 6.54 Å². The Morgan fingerprint density at radius 2 is 1.97 bits per heavy atom. The van der Waals surface area contributed by atoms with E-state index >= 15 is 0 Å². The predicted molar refractivity (Wildman–Crippen MR) is 128 cm³/mol. The van der Waals surface area contributed by atoms with E-state index in [1.165, 1.54) is 6.07 Å². The minimum absolute atomic E-state index is 0.246. The number of aliphatic imine (C=N–C) groups is 1. The van der Waals surface area contributed by atoms with Crippen molar-refractivity contribution in [1.29, 1.82) is 0 Å². The largest absolute Gasteiger partial charge is 0.494 e. The summed E-state index contributed by atoms with van der Waals surface area (Å²) in [6.45, 7) is 3.05. The van der Waals surface area contributed by atoms with Crippen LogP contribution in [0.4, 0.5) is 8.78 Å². The second-order valence-electron chi connectivity index (χ2n) is 7.08. The van der Waals surface area contributed by atoms with Gasteiger partial charge in [-0.2, -0.15) is 0 Å². The Bertz CT molecular complexity index is 1290. The Hall–Kier alpha value is -3.14. The maximum Gasteiger partial charge on any atom is 0.168 e. The molecule has 2 aliphatic heterocycles.